The topological polar surface area (TPSA) is 26.3 Å². The van der Waals surface area contributed by atoms with Crippen molar-refractivity contribution in [2.75, 3.05) is 0 Å². The number of hydrogen-bond donors (Lipinski definition) is 0. The van der Waals surface area contributed by atoms with Crippen molar-refractivity contribution in [3.05, 3.63) is 61.5 Å². The van der Waals surface area contributed by atoms with Crippen LogP contribution in [0.3, 0.4) is 0 Å². The predicted octanol–water partition coefficient (Wildman–Crippen LogP) is 6.06. The van der Waals surface area contributed by atoms with Crippen molar-refractivity contribution < 1.29 is 9.53 Å². The fourth-order valence-corrected chi connectivity index (χ4v) is 2.53. The van der Waals surface area contributed by atoms with Gasteiger partial charge < -0.3 is 4.74 Å². The minimum atomic E-state index is -0.694. The van der Waals surface area contributed by atoms with Crippen molar-refractivity contribution in [3.8, 4) is 5.75 Å². The van der Waals surface area contributed by atoms with Crippen LogP contribution in [0.4, 0.5) is 0 Å². The summed E-state index contributed by atoms with van der Waals surface area (Å²) in [5, 5.41) is 0.958. The number of carbonyl (C=O) groups excluding carboxylic acids is 1. The van der Waals surface area contributed by atoms with Gasteiger partial charge in [0.25, 0.3) is 0 Å². The van der Waals surface area contributed by atoms with E-state index in [2.05, 4.69) is 15.9 Å². The highest BCUT2D eigenvalue weighted by molar-refractivity contribution is 9.10. The second-order valence-corrected chi connectivity index (χ2v) is 6.47. The lowest BCUT2D eigenvalue weighted by Crippen LogP contribution is -2.24. The molecule has 0 amide bonds. The lowest BCUT2D eigenvalue weighted by atomic mass is 10.1. The highest BCUT2D eigenvalue weighted by atomic mass is 79.9. The number of Topliss-reactive ketones (excluding diaryl/α,β-unsaturated/α-hetero) is 1. The average Bonchev–Trinajstić information content (AvgIpc) is 2.44. The number of ether oxygens (including phenoxy) is 1. The van der Waals surface area contributed by atoms with E-state index in [0.29, 0.717) is 26.4 Å². The fraction of sp³-hybridized carbons (Fsp3) is 0.133. The van der Waals surface area contributed by atoms with Gasteiger partial charge in [0.2, 0.25) is 5.78 Å². The molecule has 2 aromatic rings. The highest BCUT2D eigenvalue weighted by Crippen LogP contribution is 2.34. The van der Waals surface area contributed by atoms with Crippen LogP contribution in [0.1, 0.15) is 17.3 Å². The molecular formula is C15H10BrCl3O2. The van der Waals surface area contributed by atoms with E-state index in [-0.39, 0.29) is 5.78 Å². The Morgan fingerprint density at radius 1 is 1.05 bits per heavy atom. The molecule has 2 rings (SSSR count). The zero-order valence-corrected chi connectivity index (χ0v) is 14.7. The third-order valence-corrected chi connectivity index (χ3v) is 4.32. The molecule has 0 radical (unpaired) electrons. The monoisotopic (exact) mass is 406 g/mol. The van der Waals surface area contributed by atoms with E-state index in [0.717, 1.165) is 4.47 Å². The van der Waals surface area contributed by atoms with Crippen molar-refractivity contribution in [3.63, 3.8) is 0 Å². The third-order valence-electron chi connectivity index (χ3n) is 2.78. The second-order valence-electron chi connectivity index (χ2n) is 4.33. The first kappa shape index (κ1) is 16.6. The van der Waals surface area contributed by atoms with Crippen LogP contribution >= 0.6 is 50.7 Å². The van der Waals surface area contributed by atoms with Crippen molar-refractivity contribution in [2.24, 2.45) is 0 Å². The molecule has 21 heavy (non-hydrogen) atoms. The van der Waals surface area contributed by atoms with Gasteiger partial charge in [0.05, 0.1) is 15.1 Å². The van der Waals surface area contributed by atoms with Gasteiger partial charge in [-0.25, -0.2) is 0 Å². The van der Waals surface area contributed by atoms with E-state index in [1.54, 1.807) is 31.2 Å². The molecule has 0 fully saturated rings. The summed E-state index contributed by atoms with van der Waals surface area (Å²) < 4.78 is 6.49. The van der Waals surface area contributed by atoms with Crippen molar-refractivity contribution >= 4 is 56.5 Å². The molecule has 0 aliphatic rings. The number of carbonyl (C=O) groups is 1. The molecule has 0 aliphatic heterocycles. The van der Waals surface area contributed by atoms with Crippen molar-refractivity contribution in [1.82, 2.24) is 0 Å². The standard InChI is InChI=1S/C15H10BrCl3O2/c1-8(15(20)9-2-4-10(16)5-3-9)21-14-7-12(18)11(17)6-13(14)19/h2-8H,1H3. The third kappa shape index (κ3) is 4.13. The van der Waals surface area contributed by atoms with E-state index in [1.165, 1.54) is 12.1 Å². The molecule has 0 bridgehead atoms. The van der Waals surface area contributed by atoms with Gasteiger partial charge in [0.1, 0.15) is 5.75 Å². The van der Waals surface area contributed by atoms with Crippen LogP contribution in [-0.2, 0) is 0 Å². The smallest absolute Gasteiger partial charge is 0.202 e. The van der Waals surface area contributed by atoms with Crippen LogP contribution in [0.25, 0.3) is 0 Å². The fourth-order valence-electron chi connectivity index (χ4n) is 1.69. The van der Waals surface area contributed by atoms with Crippen LogP contribution in [-0.4, -0.2) is 11.9 Å². The van der Waals surface area contributed by atoms with Gasteiger partial charge in [-0.1, -0.05) is 62.9 Å². The number of hydrogen-bond acceptors (Lipinski definition) is 2. The average molecular weight is 409 g/mol. The maximum absolute atomic E-state index is 12.3. The van der Waals surface area contributed by atoms with Gasteiger partial charge in [-0.3, -0.25) is 4.79 Å². The maximum atomic E-state index is 12.3. The van der Waals surface area contributed by atoms with Crippen molar-refractivity contribution in [2.45, 2.75) is 13.0 Å². The molecule has 2 nitrogen and oxygen atoms in total. The van der Waals surface area contributed by atoms with Gasteiger partial charge >= 0.3 is 0 Å². The van der Waals surface area contributed by atoms with Crippen LogP contribution in [0.5, 0.6) is 5.75 Å². The SMILES string of the molecule is CC(Oc1cc(Cl)c(Cl)cc1Cl)C(=O)c1ccc(Br)cc1. The molecule has 0 aliphatic carbocycles. The van der Waals surface area contributed by atoms with Gasteiger partial charge in [-0.2, -0.15) is 0 Å². The minimum Gasteiger partial charge on any atom is -0.481 e. The van der Waals surface area contributed by atoms with Crippen LogP contribution in [0.2, 0.25) is 15.1 Å². The summed E-state index contributed by atoms with van der Waals surface area (Å²) in [6.45, 7) is 1.66. The van der Waals surface area contributed by atoms with E-state index in [4.69, 9.17) is 39.5 Å². The zero-order valence-electron chi connectivity index (χ0n) is 10.9. The Labute approximate surface area is 146 Å². The summed E-state index contributed by atoms with van der Waals surface area (Å²) in [5.41, 5.74) is 0.557. The summed E-state index contributed by atoms with van der Waals surface area (Å²) in [6.07, 6.45) is -0.694. The quantitative estimate of drug-likeness (QED) is 0.454. The minimum absolute atomic E-state index is 0.148. The molecule has 1 unspecified atom stereocenters. The zero-order chi connectivity index (χ0) is 15.6. The Bertz CT molecular complexity index is 671. The normalized spacial score (nSPS) is 12.0. The number of rotatable bonds is 4. The predicted molar refractivity (Wildman–Crippen MR) is 90.0 cm³/mol. The number of benzene rings is 2. The maximum Gasteiger partial charge on any atom is 0.202 e. The Kier molecular flexibility index (Phi) is 5.55. The van der Waals surface area contributed by atoms with Crippen LogP contribution < -0.4 is 4.74 Å². The first-order chi connectivity index (χ1) is 9.88. The molecular weight excluding hydrogens is 398 g/mol. The Balaban J connectivity index is 2.18. The molecule has 0 N–H and O–H groups in total. The lowest BCUT2D eigenvalue weighted by Gasteiger charge is -2.15. The highest BCUT2D eigenvalue weighted by Gasteiger charge is 2.18. The Morgan fingerprint density at radius 3 is 2.24 bits per heavy atom. The second kappa shape index (κ2) is 7.01. The summed E-state index contributed by atoms with van der Waals surface area (Å²) in [4.78, 5) is 12.3. The van der Waals surface area contributed by atoms with E-state index >= 15 is 0 Å². The molecule has 2 aromatic carbocycles. The number of ketones is 1. The lowest BCUT2D eigenvalue weighted by molar-refractivity contribution is 0.0818. The molecule has 0 saturated heterocycles. The summed E-state index contributed by atoms with van der Waals surface area (Å²) in [5.74, 6) is 0.175. The summed E-state index contributed by atoms with van der Waals surface area (Å²) >= 11 is 21.1. The molecule has 6 heteroatoms. The molecule has 0 spiro atoms. The van der Waals surface area contributed by atoms with Crippen LogP contribution in [0, 0.1) is 0 Å². The first-order valence-corrected chi connectivity index (χ1v) is 7.92. The molecule has 110 valence electrons. The van der Waals surface area contributed by atoms with E-state index in [1.807, 2.05) is 0 Å². The molecule has 1 atom stereocenters. The number of halogens is 4. The first-order valence-electron chi connectivity index (χ1n) is 5.99. The van der Waals surface area contributed by atoms with E-state index < -0.39 is 6.10 Å². The summed E-state index contributed by atoms with van der Waals surface area (Å²) in [7, 11) is 0. The van der Waals surface area contributed by atoms with Gasteiger partial charge in [-0.15, -0.1) is 0 Å². The Morgan fingerprint density at radius 2 is 1.62 bits per heavy atom. The van der Waals surface area contributed by atoms with Crippen LogP contribution in [0.15, 0.2) is 40.9 Å². The molecule has 0 saturated carbocycles. The van der Waals surface area contributed by atoms with E-state index in [9.17, 15) is 4.79 Å². The summed E-state index contributed by atoms with van der Waals surface area (Å²) in [6, 6.07) is 10.0. The molecule has 0 heterocycles. The van der Waals surface area contributed by atoms with Gasteiger partial charge in [0, 0.05) is 16.1 Å². The van der Waals surface area contributed by atoms with Gasteiger partial charge in [0.15, 0.2) is 6.10 Å². The van der Waals surface area contributed by atoms with Gasteiger partial charge in [-0.05, 0) is 25.1 Å². The molecule has 0 aromatic heterocycles. The largest absolute Gasteiger partial charge is 0.481 e. The Hall–Kier alpha value is -0.740. The van der Waals surface area contributed by atoms with Crippen molar-refractivity contribution in [1.29, 1.82) is 0 Å².